The van der Waals surface area contributed by atoms with Gasteiger partial charge >= 0.3 is 5.97 Å². The van der Waals surface area contributed by atoms with Crippen LogP contribution in [0.4, 0.5) is 17.6 Å². The second-order valence-electron chi connectivity index (χ2n) is 10.7. The van der Waals surface area contributed by atoms with E-state index in [1.54, 1.807) is 44.2 Å². The molecule has 1 unspecified atom stereocenters. The second-order valence-corrected chi connectivity index (χ2v) is 10.7. The molecule has 1 aromatic heterocycles. The molecule has 0 amide bonds. The van der Waals surface area contributed by atoms with Gasteiger partial charge in [-0.25, -0.2) is 27.3 Å². The van der Waals surface area contributed by atoms with E-state index in [0.29, 0.717) is 5.56 Å². The van der Waals surface area contributed by atoms with Crippen LogP contribution < -0.4 is 9.47 Å². The molecule has 0 spiro atoms. The highest BCUT2D eigenvalue weighted by Gasteiger charge is 2.42. The fourth-order valence-corrected chi connectivity index (χ4v) is 5.46. The zero-order valence-electron chi connectivity index (χ0n) is 23.9. The topological polar surface area (TPSA) is 82.8 Å². The van der Waals surface area contributed by atoms with Crippen molar-refractivity contribution < 1.29 is 41.7 Å². The smallest absolute Gasteiger partial charge is 0.335 e. The zero-order valence-corrected chi connectivity index (χ0v) is 23.9. The van der Waals surface area contributed by atoms with Gasteiger partial charge in [-0.05, 0) is 60.5 Å². The number of para-hydroxylation sites is 1. The van der Waals surface area contributed by atoms with Crippen molar-refractivity contribution in [2.24, 2.45) is 0 Å². The molecule has 1 aliphatic heterocycles. The molecule has 5 aromatic rings. The van der Waals surface area contributed by atoms with Crippen molar-refractivity contribution in [1.82, 2.24) is 9.55 Å². The van der Waals surface area contributed by atoms with E-state index in [0.717, 1.165) is 18.2 Å². The number of hydrogen-bond acceptors (Lipinski definition) is 5. The molecule has 0 saturated carbocycles. The first-order chi connectivity index (χ1) is 21.0. The Kier molecular flexibility index (Phi) is 7.28. The molecule has 0 saturated heterocycles. The van der Waals surface area contributed by atoms with Gasteiger partial charge < -0.3 is 23.9 Å². The number of imidazole rings is 1. The summed E-state index contributed by atoms with van der Waals surface area (Å²) in [5.74, 6) is -5.21. The number of methoxy groups -OCH3 is 1. The summed E-state index contributed by atoms with van der Waals surface area (Å²) in [6.07, 6.45) is -0.222. The minimum Gasteiger partial charge on any atom is -0.478 e. The Labute approximate surface area is 249 Å². The van der Waals surface area contributed by atoms with Gasteiger partial charge in [-0.15, -0.1) is 0 Å². The van der Waals surface area contributed by atoms with E-state index in [4.69, 9.17) is 14.2 Å². The molecule has 1 atom stereocenters. The Hall–Kier alpha value is -4.90. The maximum absolute atomic E-state index is 15.7. The highest BCUT2D eigenvalue weighted by atomic mass is 19.1. The highest BCUT2D eigenvalue weighted by Crippen LogP contribution is 2.50. The molecule has 0 bridgehead atoms. The van der Waals surface area contributed by atoms with Crippen molar-refractivity contribution in [3.63, 3.8) is 0 Å². The Morgan fingerprint density at radius 2 is 1.75 bits per heavy atom. The quantitative estimate of drug-likeness (QED) is 0.189. The van der Waals surface area contributed by atoms with E-state index >= 15 is 8.78 Å². The lowest BCUT2D eigenvalue weighted by atomic mass is 10.00. The third kappa shape index (κ3) is 5.02. The standard InChI is InChI=1S/C33H26F4N2O5/c1-17-7-8-22(25(36)11-17)33(2)43-28-6-4-5-20(31(28)44-33)21-16-23(34)18(12-24(21)35)15-29-38-30-26(37)13-19(32(40)41)14-27(30)39(29)9-10-42-3/h4-8,11-14,16H,9-10,15H2,1-3H3,(H,40,41). The molecule has 44 heavy (non-hydrogen) atoms. The Morgan fingerprint density at radius 1 is 0.955 bits per heavy atom. The lowest BCUT2D eigenvalue weighted by molar-refractivity contribution is -0.0705. The van der Waals surface area contributed by atoms with Crippen LogP contribution in [-0.2, 0) is 23.5 Å². The first-order valence-corrected chi connectivity index (χ1v) is 13.7. The Morgan fingerprint density at radius 3 is 2.48 bits per heavy atom. The van der Waals surface area contributed by atoms with Crippen molar-refractivity contribution in [3.05, 3.63) is 112 Å². The molecule has 0 aliphatic carbocycles. The lowest BCUT2D eigenvalue weighted by Crippen LogP contribution is -2.32. The van der Waals surface area contributed by atoms with Gasteiger partial charge in [-0.1, -0.05) is 18.2 Å². The number of carbonyl (C=O) groups is 1. The van der Waals surface area contributed by atoms with Crippen molar-refractivity contribution in [2.75, 3.05) is 13.7 Å². The highest BCUT2D eigenvalue weighted by molar-refractivity contribution is 5.92. The van der Waals surface area contributed by atoms with E-state index in [9.17, 15) is 18.7 Å². The van der Waals surface area contributed by atoms with Crippen molar-refractivity contribution in [3.8, 4) is 22.6 Å². The molecular weight excluding hydrogens is 580 g/mol. The van der Waals surface area contributed by atoms with Gasteiger partial charge in [0.1, 0.15) is 28.8 Å². The molecule has 1 aliphatic rings. The number of rotatable bonds is 8. The van der Waals surface area contributed by atoms with Gasteiger partial charge in [0.15, 0.2) is 17.3 Å². The number of hydrogen-bond donors (Lipinski definition) is 1. The Balaban J connectivity index is 1.37. The minimum atomic E-state index is -1.54. The van der Waals surface area contributed by atoms with Crippen molar-refractivity contribution in [1.29, 1.82) is 0 Å². The summed E-state index contributed by atoms with van der Waals surface area (Å²) >= 11 is 0. The minimum absolute atomic E-state index is 0.0598. The van der Waals surface area contributed by atoms with Gasteiger partial charge in [-0.3, -0.25) is 0 Å². The summed E-state index contributed by atoms with van der Waals surface area (Å²) < 4.78 is 79.8. The zero-order chi connectivity index (χ0) is 31.3. The maximum atomic E-state index is 15.7. The molecule has 4 aromatic carbocycles. The average Bonchev–Trinajstić information content (AvgIpc) is 3.50. The summed E-state index contributed by atoms with van der Waals surface area (Å²) in [7, 11) is 1.46. The molecule has 2 heterocycles. The van der Waals surface area contributed by atoms with Crippen LogP contribution >= 0.6 is 0 Å². The number of aryl methyl sites for hydroxylation is 1. The normalized spacial score (nSPS) is 15.7. The van der Waals surface area contributed by atoms with Crippen molar-refractivity contribution >= 4 is 17.0 Å². The summed E-state index contributed by atoms with van der Waals surface area (Å²) in [5, 5.41) is 9.39. The van der Waals surface area contributed by atoms with Crippen LogP contribution in [0, 0.1) is 30.2 Å². The fourth-order valence-electron chi connectivity index (χ4n) is 5.46. The SMILES string of the molecule is COCCn1c(Cc2cc(F)c(-c3cccc4c3OC(C)(c3ccc(C)cc3F)O4)cc2F)nc2c(F)cc(C(=O)O)cc21. The Bertz CT molecular complexity index is 1960. The van der Waals surface area contributed by atoms with Gasteiger partial charge in [0.2, 0.25) is 0 Å². The number of fused-ring (bicyclic) bond motifs is 2. The van der Waals surface area contributed by atoms with Crippen LogP contribution in [0.1, 0.15) is 39.8 Å². The van der Waals surface area contributed by atoms with E-state index in [-0.39, 0.29) is 75.7 Å². The summed E-state index contributed by atoms with van der Waals surface area (Å²) in [5.41, 5.74) is 0.729. The molecule has 226 valence electrons. The molecule has 0 fully saturated rings. The first-order valence-electron chi connectivity index (χ1n) is 13.7. The van der Waals surface area contributed by atoms with Crippen LogP contribution in [0.5, 0.6) is 11.5 Å². The van der Waals surface area contributed by atoms with Gasteiger partial charge in [0.25, 0.3) is 5.79 Å². The number of halogens is 4. The van der Waals surface area contributed by atoms with E-state index < -0.39 is 35.0 Å². The third-order valence-corrected chi connectivity index (χ3v) is 7.62. The van der Waals surface area contributed by atoms with Gasteiger partial charge in [0.05, 0.1) is 23.3 Å². The molecule has 1 N–H and O–H groups in total. The van der Waals surface area contributed by atoms with E-state index in [2.05, 4.69) is 4.98 Å². The average molecular weight is 607 g/mol. The van der Waals surface area contributed by atoms with E-state index in [1.807, 2.05) is 0 Å². The number of aromatic carboxylic acids is 1. The molecule has 11 heteroatoms. The number of nitrogens with zero attached hydrogens (tertiary/aromatic N) is 2. The number of ether oxygens (including phenoxy) is 3. The van der Waals surface area contributed by atoms with Crippen LogP contribution in [-0.4, -0.2) is 34.3 Å². The summed E-state index contributed by atoms with van der Waals surface area (Å²) in [4.78, 5) is 15.8. The second kappa shape index (κ2) is 11.0. The lowest BCUT2D eigenvalue weighted by Gasteiger charge is -2.24. The summed E-state index contributed by atoms with van der Waals surface area (Å²) in [6, 6.07) is 13.6. The number of aromatic nitrogens is 2. The van der Waals surface area contributed by atoms with Crippen molar-refractivity contribution in [2.45, 2.75) is 32.6 Å². The van der Waals surface area contributed by atoms with E-state index in [1.165, 1.54) is 23.8 Å². The molecular formula is C33H26F4N2O5. The fraction of sp³-hybridized carbons (Fsp3) is 0.212. The van der Waals surface area contributed by atoms with Crippen LogP contribution in [0.15, 0.2) is 60.7 Å². The van der Waals surface area contributed by atoms with Gasteiger partial charge in [0, 0.05) is 38.1 Å². The van der Waals surface area contributed by atoms with Crippen LogP contribution in [0.25, 0.3) is 22.2 Å². The molecule has 7 nitrogen and oxygen atoms in total. The number of carboxylic acids is 1. The maximum Gasteiger partial charge on any atom is 0.335 e. The van der Waals surface area contributed by atoms with Gasteiger partial charge in [-0.2, -0.15) is 0 Å². The predicted molar refractivity (Wildman–Crippen MR) is 153 cm³/mol. The molecule has 6 rings (SSSR count). The number of carboxylic acid groups (broad SMARTS) is 1. The largest absolute Gasteiger partial charge is 0.478 e. The first kappa shape index (κ1) is 29.2. The third-order valence-electron chi connectivity index (χ3n) is 7.62. The number of benzene rings is 4. The monoisotopic (exact) mass is 606 g/mol. The summed E-state index contributed by atoms with van der Waals surface area (Å²) in [6.45, 7) is 3.64. The predicted octanol–water partition coefficient (Wildman–Crippen LogP) is 7.15. The van der Waals surface area contributed by atoms with Crippen LogP contribution in [0.3, 0.4) is 0 Å². The van der Waals surface area contributed by atoms with Crippen LogP contribution in [0.2, 0.25) is 0 Å². The molecule has 0 radical (unpaired) electrons.